The van der Waals surface area contributed by atoms with E-state index in [1.807, 2.05) is 69.3 Å². The zero-order valence-electron chi connectivity index (χ0n) is 29.2. The molecule has 11 heteroatoms. The Morgan fingerprint density at radius 2 is 1.53 bits per heavy atom. The van der Waals surface area contributed by atoms with E-state index >= 15 is 0 Å². The van der Waals surface area contributed by atoms with Gasteiger partial charge >= 0.3 is 0 Å². The van der Waals surface area contributed by atoms with E-state index in [0.717, 1.165) is 36.0 Å². The molecule has 1 aliphatic carbocycles. The van der Waals surface area contributed by atoms with Crippen LogP contribution in [0.25, 0.3) is 0 Å². The number of nitrogens with one attached hydrogen (secondary N) is 3. The first-order valence-corrected chi connectivity index (χ1v) is 17.9. The summed E-state index contributed by atoms with van der Waals surface area (Å²) in [5.74, 6) is 0.0633. The summed E-state index contributed by atoms with van der Waals surface area (Å²) in [5, 5.41) is 24.4. The number of hydroxylamine groups is 1. The normalized spacial score (nSPS) is 26.0. The van der Waals surface area contributed by atoms with Gasteiger partial charge in [0.2, 0.25) is 17.7 Å². The quantitative estimate of drug-likeness (QED) is 0.110. The number of carbonyl (C=O) groups is 3. The van der Waals surface area contributed by atoms with Crippen LogP contribution in [0.1, 0.15) is 120 Å². The molecule has 0 spiro atoms. The average Bonchev–Trinajstić information content (AvgIpc) is 3.09. The summed E-state index contributed by atoms with van der Waals surface area (Å²) in [5.41, 5.74) is 4.60. The second-order valence-electron chi connectivity index (χ2n) is 14.9. The van der Waals surface area contributed by atoms with Crippen molar-refractivity contribution < 1.29 is 34.2 Å². The number of anilines is 1. The number of hydrogen-bond donors (Lipinski definition) is 5. The van der Waals surface area contributed by atoms with Gasteiger partial charge in [0.25, 0.3) is 0 Å². The van der Waals surface area contributed by atoms with E-state index in [9.17, 15) is 19.5 Å². The molecule has 2 saturated heterocycles. The van der Waals surface area contributed by atoms with Crippen LogP contribution in [0, 0.1) is 5.92 Å². The minimum atomic E-state index is -0.655. The van der Waals surface area contributed by atoms with Crippen molar-refractivity contribution in [2.75, 3.05) is 11.9 Å². The predicted molar refractivity (Wildman–Crippen MR) is 185 cm³/mol. The molecule has 2 aromatic carbocycles. The van der Waals surface area contributed by atoms with Gasteiger partial charge in [-0.15, -0.1) is 0 Å². The highest BCUT2D eigenvalue weighted by molar-refractivity contribution is 5.90. The molecular weight excluding hydrogens is 624 g/mol. The van der Waals surface area contributed by atoms with Crippen LogP contribution < -0.4 is 16.1 Å². The van der Waals surface area contributed by atoms with E-state index in [-0.39, 0.29) is 55.1 Å². The Kier molecular flexibility index (Phi) is 12.8. The summed E-state index contributed by atoms with van der Waals surface area (Å²) in [6, 6.07) is 15.4. The average molecular weight is 679 g/mol. The molecule has 3 aliphatic rings. The number of fused-ring (bicyclic) bond motifs is 1. The van der Waals surface area contributed by atoms with Gasteiger partial charge in [0.1, 0.15) is 0 Å². The maximum atomic E-state index is 13.7. The van der Waals surface area contributed by atoms with Crippen molar-refractivity contribution in [1.29, 1.82) is 0 Å². The van der Waals surface area contributed by atoms with Gasteiger partial charge in [-0.3, -0.25) is 24.5 Å². The van der Waals surface area contributed by atoms with E-state index in [1.54, 1.807) is 5.48 Å². The topological polar surface area (TPSA) is 149 Å². The summed E-state index contributed by atoms with van der Waals surface area (Å²) in [6.07, 6.45) is 7.61. The van der Waals surface area contributed by atoms with E-state index in [4.69, 9.17) is 14.7 Å². The van der Waals surface area contributed by atoms with Gasteiger partial charge in [0.15, 0.2) is 6.29 Å². The maximum absolute atomic E-state index is 13.7. The Bertz CT molecular complexity index is 1390. The standard InChI is InChI=1S/C38H54N4O7/c1-38(2,3)40-36(46)32-21-18-26-8-4-5-9-31(26)42(32)23-30-22-33(27-14-12-25(24-43)13-15-27)49-37(48-30)28-16-19-29(20-17-28)39-34(44)10-6-7-11-35(45)41-47/h12-17,19-20,26,30-33,37,43,47H,4-11,18,21-24H2,1-3H3,(H,39,44)(H,40,46)(H,41,45). The molecule has 3 fully saturated rings. The second-order valence-corrected chi connectivity index (χ2v) is 14.9. The summed E-state index contributed by atoms with van der Waals surface area (Å²) in [7, 11) is 0. The molecule has 49 heavy (non-hydrogen) atoms. The Hall–Kier alpha value is -3.35. The van der Waals surface area contributed by atoms with Crippen LogP contribution in [-0.2, 0) is 30.5 Å². The Labute approximate surface area is 290 Å². The summed E-state index contributed by atoms with van der Waals surface area (Å²) in [4.78, 5) is 39.8. The first kappa shape index (κ1) is 36.9. The van der Waals surface area contributed by atoms with Crippen molar-refractivity contribution >= 4 is 23.4 Å². The lowest BCUT2D eigenvalue weighted by molar-refractivity contribution is -0.255. The first-order chi connectivity index (χ1) is 23.5. The molecule has 5 rings (SSSR count). The minimum Gasteiger partial charge on any atom is -0.392 e. The van der Waals surface area contributed by atoms with Crippen LogP contribution in [0.15, 0.2) is 48.5 Å². The van der Waals surface area contributed by atoms with Crippen molar-refractivity contribution in [3.8, 4) is 0 Å². The fraction of sp³-hybridized carbons (Fsp3) is 0.605. The molecule has 2 heterocycles. The number of hydrogen-bond acceptors (Lipinski definition) is 8. The van der Waals surface area contributed by atoms with Crippen LogP contribution >= 0.6 is 0 Å². The highest BCUT2D eigenvalue weighted by Crippen LogP contribution is 2.42. The molecule has 0 radical (unpaired) electrons. The van der Waals surface area contributed by atoms with E-state index in [2.05, 4.69) is 15.5 Å². The van der Waals surface area contributed by atoms with E-state index in [0.29, 0.717) is 43.5 Å². The van der Waals surface area contributed by atoms with Crippen LogP contribution in [0.3, 0.4) is 0 Å². The number of unbranched alkanes of at least 4 members (excludes halogenated alkanes) is 1. The smallest absolute Gasteiger partial charge is 0.243 e. The molecule has 6 unspecified atom stereocenters. The van der Waals surface area contributed by atoms with Crippen LogP contribution in [0.5, 0.6) is 0 Å². The van der Waals surface area contributed by atoms with Gasteiger partial charge in [0.05, 0.1) is 24.9 Å². The minimum absolute atomic E-state index is 0.0283. The number of rotatable bonds is 12. The Morgan fingerprint density at radius 1 is 0.857 bits per heavy atom. The molecule has 3 amide bonds. The zero-order valence-corrected chi connectivity index (χ0v) is 29.2. The van der Waals surface area contributed by atoms with Crippen molar-refractivity contribution in [3.63, 3.8) is 0 Å². The third-order valence-electron chi connectivity index (χ3n) is 9.99. The van der Waals surface area contributed by atoms with Crippen LogP contribution in [-0.4, -0.2) is 63.2 Å². The fourth-order valence-electron chi connectivity index (χ4n) is 7.57. The monoisotopic (exact) mass is 678 g/mol. The van der Waals surface area contributed by atoms with Crippen molar-refractivity contribution in [2.45, 2.75) is 134 Å². The number of carbonyl (C=O) groups excluding carboxylic acids is 3. The molecule has 2 aliphatic heterocycles. The molecule has 5 N–H and O–H groups in total. The van der Waals surface area contributed by atoms with Crippen LogP contribution in [0.4, 0.5) is 5.69 Å². The summed E-state index contributed by atoms with van der Waals surface area (Å²) < 4.78 is 13.3. The number of piperidine rings is 1. The first-order valence-electron chi connectivity index (χ1n) is 17.9. The maximum Gasteiger partial charge on any atom is 0.243 e. The SMILES string of the molecule is CC(C)(C)NC(=O)C1CCC2CCCCC2N1CC1CC(c2ccc(CO)cc2)OC(c2ccc(NC(=O)CCCCC(=O)NO)cc2)O1. The third-order valence-corrected chi connectivity index (χ3v) is 9.99. The third kappa shape index (κ3) is 10.3. The van der Waals surface area contributed by atoms with E-state index < -0.39 is 12.2 Å². The number of aliphatic hydroxyl groups excluding tert-OH is 1. The molecule has 2 aromatic rings. The molecule has 268 valence electrons. The van der Waals surface area contributed by atoms with Crippen molar-refractivity contribution in [1.82, 2.24) is 15.7 Å². The van der Waals surface area contributed by atoms with Gasteiger partial charge in [-0.05, 0) is 88.5 Å². The molecule has 0 bridgehead atoms. The Balaban J connectivity index is 1.32. The molecule has 6 atom stereocenters. The lowest BCUT2D eigenvalue weighted by Gasteiger charge is -2.50. The van der Waals surface area contributed by atoms with E-state index in [1.165, 1.54) is 19.3 Å². The number of ether oxygens (including phenoxy) is 2. The van der Waals surface area contributed by atoms with Gasteiger partial charge < -0.3 is 25.2 Å². The predicted octanol–water partition coefficient (Wildman–Crippen LogP) is 5.67. The molecule has 0 aromatic heterocycles. The molecule has 1 saturated carbocycles. The number of aliphatic hydroxyl groups is 1. The Morgan fingerprint density at radius 3 is 2.20 bits per heavy atom. The number of benzene rings is 2. The van der Waals surface area contributed by atoms with Gasteiger partial charge in [-0.25, -0.2) is 5.48 Å². The highest BCUT2D eigenvalue weighted by Gasteiger charge is 2.44. The lowest BCUT2D eigenvalue weighted by Crippen LogP contribution is -2.61. The summed E-state index contributed by atoms with van der Waals surface area (Å²) >= 11 is 0. The number of nitrogens with zero attached hydrogens (tertiary/aromatic N) is 1. The summed E-state index contributed by atoms with van der Waals surface area (Å²) in [6.45, 7) is 6.68. The van der Waals surface area contributed by atoms with Crippen molar-refractivity contribution in [3.05, 3.63) is 65.2 Å². The van der Waals surface area contributed by atoms with Crippen molar-refractivity contribution in [2.24, 2.45) is 5.92 Å². The van der Waals surface area contributed by atoms with Gasteiger partial charge in [-0.2, -0.15) is 0 Å². The highest BCUT2D eigenvalue weighted by atomic mass is 16.7. The van der Waals surface area contributed by atoms with Gasteiger partial charge in [0, 0.05) is 48.6 Å². The fourth-order valence-corrected chi connectivity index (χ4v) is 7.57. The van der Waals surface area contributed by atoms with Gasteiger partial charge in [-0.1, -0.05) is 49.2 Å². The van der Waals surface area contributed by atoms with Crippen LogP contribution in [0.2, 0.25) is 0 Å². The second kappa shape index (κ2) is 17.0. The number of likely N-dealkylation sites (tertiary alicyclic amines) is 1. The zero-order chi connectivity index (χ0) is 35.0. The molecular formula is C38H54N4O7. The number of amides is 3. The lowest BCUT2D eigenvalue weighted by atomic mass is 9.75. The largest absolute Gasteiger partial charge is 0.392 e. The molecule has 11 nitrogen and oxygen atoms in total.